The van der Waals surface area contributed by atoms with Crippen LogP contribution in [-0.2, 0) is 6.54 Å². The van der Waals surface area contributed by atoms with Gasteiger partial charge in [0.05, 0.1) is 29.8 Å². The quantitative estimate of drug-likeness (QED) is 0.300. The summed E-state index contributed by atoms with van der Waals surface area (Å²) in [5, 5.41) is 19.9. The van der Waals surface area contributed by atoms with Crippen LogP contribution in [0.25, 0.3) is 16.6 Å². The lowest BCUT2D eigenvalue weighted by Crippen LogP contribution is -2.35. The van der Waals surface area contributed by atoms with E-state index in [1.54, 1.807) is 19.4 Å². The first-order valence-electron chi connectivity index (χ1n) is 13.3. The van der Waals surface area contributed by atoms with Crippen LogP contribution in [0.4, 0.5) is 17.1 Å². The first-order valence-corrected chi connectivity index (χ1v) is 13.3. The van der Waals surface area contributed by atoms with Gasteiger partial charge in [-0.2, -0.15) is 0 Å². The highest BCUT2D eigenvalue weighted by Gasteiger charge is 2.28. The highest BCUT2D eigenvalue weighted by molar-refractivity contribution is 5.99. The summed E-state index contributed by atoms with van der Waals surface area (Å²) in [7, 11) is 7.33. The molecule has 2 aromatic carbocycles. The third-order valence-electron chi connectivity index (χ3n) is 7.22. The van der Waals surface area contributed by atoms with Crippen molar-refractivity contribution in [2.24, 2.45) is 10.4 Å². The molecule has 0 radical (unpaired) electrons. The van der Waals surface area contributed by atoms with E-state index in [2.05, 4.69) is 46.3 Å². The van der Waals surface area contributed by atoms with Crippen molar-refractivity contribution in [3.05, 3.63) is 58.3 Å². The van der Waals surface area contributed by atoms with Crippen LogP contribution in [0.3, 0.4) is 0 Å². The smallest absolute Gasteiger partial charge is 0.294 e. The lowest BCUT2D eigenvalue weighted by molar-refractivity contribution is -0.384. The van der Waals surface area contributed by atoms with Gasteiger partial charge in [0.25, 0.3) is 5.69 Å². The molecule has 40 heavy (non-hydrogen) atoms. The van der Waals surface area contributed by atoms with Gasteiger partial charge in [0.1, 0.15) is 17.2 Å². The van der Waals surface area contributed by atoms with Crippen molar-refractivity contribution in [1.29, 1.82) is 0 Å². The predicted molar refractivity (Wildman–Crippen MR) is 160 cm³/mol. The van der Waals surface area contributed by atoms with Gasteiger partial charge in [-0.1, -0.05) is 26.0 Å². The summed E-state index contributed by atoms with van der Waals surface area (Å²) in [6, 6.07) is 9.34. The number of hydrogen-bond donors (Lipinski definition) is 2. The molecule has 0 fully saturated rings. The highest BCUT2D eigenvalue weighted by atomic mass is 16.6. The van der Waals surface area contributed by atoms with Gasteiger partial charge in [-0.25, -0.2) is 4.99 Å². The molecule has 2 N–H and O–H groups in total. The van der Waals surface area contributed by atoms with Crippen molar-refractivity contribution in [1.82, 2.24) is 14.8 Å². The predicted octanol–water partition coefficient (Wildman–Crippen LogP) is 4.39. The molecule has 0 amide bonds. The molecule has 0 saturated heterocycles. The van der Waals surface area contributed by atoms with E-state index in [0.717, 1.165) is 41.0 Å². The van der Waals surface area contributed by atoms with E-state index < -0.39 is 6.29 Å². The standard InChI is InChI=1S/C29H37N7O4/c1-29(2)17-35-16-20(19-8-7-9-25(27(19)35)40-18-29)21-10-11-30-28(31-21)32-22-14-24(36(37)38)23(15-26(22)39-6)34(5)13-12-33(3)4/h7-11,14-16,28,31-32H,12-13,17-18H2,1-6H3. The van der Waals surface area contributed by atoms with Gasteiger partial charge < -0.3 is 34.5 Å². The maximum atomic E-state index is 12.0. The number of ether oxygens (including phenoxy) is 2. The Morgan fingerprint density at radius 3 is 2.80 bits per heavy atom. The first kappa shape index (κ1) is 27.3. The second-order valence-corrected chi connectivity index (χ2v) is 11.4. The van der Waals surface area contributed by atoms with Crippen LogP contribution in [0.15, 0.2) is 47.6 Å². The van der Waals surface area contributed by atoms with Crippen molar-refractivity contribution in [2.45, 2.75) is 26.7 Å². The molecule has 0 spiro atoms. The van der Waals surface area contributed by atoms with E-state index in [9.17, 15) is 10.1 Å². The van der Waals surface area contributed by atoms with Crippen molar-refractivity contribution in [3.8, 4) is 11.5 Å². The summed E-state index contributed by atoms with van der Waals surface area (Å²) < 4.78 is 14.1. The zero-order valence-electron chi connectivity index (χ0n) is 23.9. The molecule has 11 nitrogen and oxygen atoms in total. The Morgan fingerprint density at radius 2 is 2.08 bits per heavy atom. The first-order chi connectivity index (χ1) is 19.1. The van der Waals surface area contributed by atoms with Crippen LogP contribution in [0.2, 0.25) is 0 Å². The molecule has 11 heteroatoms. The number of aromatic nitrogens is 1. The number of hydrogen-bond acceptors (Lipinski definition) is 9. The number of nitrogens with zero attached hydrogens (tertiary/aromatic N) is 5. The van der Waals surface area contributed by atoms with Crippen molar-refractivity contribution >= 4 is 39.9 Å². The normalized spacial score (nSPS) is 17.6. The van der Waals surface area contributed by atoms with Gasteiger partial charge in [0, 0.05) is 73.3 Å². The largest absolute Gasteiger partial charge is 0.495 e. The number of rotatable bonds is 9. The lowest BCUT2D eigenvalue weighted by Gasteiger charge is -2.26. The fraction of sp³-hybridized carbons (Fsp3) is 0.414. The molecular formula is C29H37N7O4. The fourth-order valence-electron chi connectivity index (χ4n) is 5.15. The van der Waals surface area contributed by atoms with Gasteiger partial charge in [-0.3, -0.25) is 10.1 Å². The van der Waals surface area contributed by atoms with E-state index in [-0.39, 0.29) is 16.0 Å². The minimum atomic E-state index is -0.562. The monoisotopic (exact) mass is 547 g/mol. The summed E-state index contributed by atoms with van der Waals surface area (Å²) in [5.74, 6) is 1.37. The van der Waals surface area contributed by atoms with Crippen molar-refractivity contribution < 1.29 is 14.4 Å². The Balaban J connectivity index is 1.42. The number of likely N-dealkylation sites (N-methyl/N-ethyl adjacent to an activating group) is 2. The Hall–Kier alpha value is -4.25. The molecule has 0 aliphatic carbocycles. The van der Waals surface area contributed by atoms with E-state index in [0.29, 0.717) is 30.3 Å². The average molecular weight is 548 g/mol. The maximum absolute atomic E-state index is 12.0. The summed E-state index contributed by atoms with van der Waals surface area (Å²) in [4.78, 5) is 20.1. The number of nitro benzene ring substituents is 1. The second-order valence-electron chi connectivity index (χ2n) is 11.4. The molecule has 2 aliphatic heterocycles. The number of nitrogens with one attached hydrogen (secondary N) is 2. The van der Waals surface area contributed by atoms with Crippen LogP contribution in [0.1, 0.15) is 19.4 Å². The summed E-state index contributed by atoms with van der Waals surface area (Å²) in [5.41, 5.74) is 3.94. The molecule has 5 rings (SSSR count). The molecule has 1 unspecified atom stereocenters. The molecule has 3 aromatic rings. The molecule has 0 bridgehead atoms. The molecule has 1 atom stereocenters. The average Bonchev–Trinajstić information content (AvgIpc) is 3.21. The molecular weight excluding hydrogens is 510 g/mol. The number of benzene rings is 2. The molecule has 3 heterocycles. The summed E-state index contributed by atoms with van der Waals surface area (Å²) in [6.45, 7) is 7.28. The van der Waals surface area contributed by atoms with Gasteiger partial charge in [-0.15, -0.1) is 0 Å². The SMILES string of the molecule is COc1cc(N(C)CCN(C)C)c([N+](=O)[O-])cc1NC1N=CC=C(c2cn3c4c(cccc24)OCC(C)(C)C3)N1. The minimum Gasteiger partial charge on any atom is -0.495 e. The van der Waals surface area contributed by atoms with Crippen LogP contribution in [0.5, 0.6) is 11.5 Å². The van der Waals surface area contributed by atoms with Gasteiger partial charge in [0.15, 0.2) is 6.29 Å². The molecule has 1 aromatic heterocycles. The number of para-hydroxylation sites is 1. The lowest BCUT2D eigenvalue weighted by atomic mass is 9.95. The topological polar surface area (TPSA) is 109 Å². The number of nitro groups is 1. The summed E-state index contributed by atoms with van der Waals surface area (Å²) >= 11 is 0. The van der Waals surface area contributed by atoms with E-state index in [4.69, 9.17) is 9.47 Å². The Kier molecular flexibility index (Phi) is 7.33. The number of aliphatic imine (C=N–C) groups is 1. The molecule has 2 aliphatic rings. The third-order valence-corrected chi connectivity index (χ3v) is 7.22. The minimum absolute atomic E-state index is 0.00668. The molecule has 212 valence electrons. The number of methoxy groups -OCH3 is 1. The van der Waals surface area contributed by atoms with Crippen LogP contribution < -0.4 is 25.0 Å². The Labute approximate surface area is 234 Å². The van der Waals surface area contributed by atoms with Crippen LogP contribution in [-0.4, -0.2) is 74.8 Å². The number of allylic oxidation sites excluding steroid dienone is 1. The van der Waals surface area contributed by atoms with Gasteiger partial charge in [-0.05, 0) is 26.2 Å². The fourth-order valence-corrected chi connectivity index (χ4v) is 5.15. The van der Waals surface area contributed by atoms with E-state index in [1.807, 2.05) is 49.2 Å². The zero-order chi connectivity index (χ0) is 28.6. The highest BCUT2D eigenvalue weighted by Crippen LogP contribution is 2.40. The van der Waals surface area contributed by atoms with Crippen LogP contribution >= 0.6 is 0 Å². The third kappa shape index (κ3) is 5.42. The zero-order valence-corrected chi connectivity index (χ0v) is 23.9. The molecule has 0 saturated carbocycles. The maximum Gasteiger partial charge on any atom is 0.294 e. The summed E-state index contributed by atoms with van der Waals surface area (Å²) in [6.07, 6.45) is 5.27. The van der Waals surface area contributed by atoms with E-state index in [1.165, 1.54) is 6.07 Å². The van der Waals surface area contributed by atoms with Crippen molar-refractivity contribution in [3.63, 3.8) is 0 Å². The van der Waals surface area contributed by atoms with Crippen LogP contribution in [0, 0.1) is 15.5 Å². The van der Waals surface area contributed by atoms with Crippen molar-refractivity contribution in [2.75, 3.05) is 58.2 Å². The van der Waals surface area contributed by atoms with Gasteiger partial charge in [0.2, 0.25) is 0 Å². The Bertz CT molecular complexity index is 1490. The number of anilines is 2. The van der Waals surface area contributed by atoms with Gasteiger partial charge >= 0.3 is 0 Å². The Morgan fingerprint density at radius 1 is 1.27 bits per heavy atom. The second kappa shape index (κ2) is 10.7. The van der Waals surface area contributed by atoms with E-state index >= 15 is 0 Å².